The Bertz CT molecular complexity index is 178. The van der Waals surface area contributed by atoms with E-state index in [0.29, 0.717) is 0 Å². The first-order valence-electron chi connectivity index (χ1n) is 8.92. The number of hydrogen-bond donors (Lipinski definition) is 0. The SMILES string of the molecule is CCCCCCCC/C=C\CCCCCCC(C)C. The highest BCUT2D eigenvalue weighted by atomic mass is 14.0. The van der Waals surface area contributed by atoms with Crippen LogP contribution in [0.5, 0.6) is 0 Å². The number of hydrogen-bond acceptors (Lipinski definition) is 0. The molecule has 0 rings (SSSR count). The van der Waals surface area contributed by atoms with Gasteiger partial charge >= 0.3 is 0 Å². The Morgan fingerprint density at radius 1 is 0.632 bits per heavy atom. The fourth-order valence-electron chi connectivity index (χ4n) is 2.45. The van der Waals surface area contributed by atoms with Gasteiger partial charge in [0.15, 0.2) is 0 Å². The standard InChI is InChI=1S/C19H38/c1-4-5-6-7-8-9-10-11-12-13-14-15-16-17-18-19(2)3/h11-12,19H,4-10,13-18H2,1-3H3/b12-11-. The molecule has 0 aromatic rings. The lowest BCUT2D eigenvalue weighted by Crippen LogP contribution is -1.86. The van der Waals surface area contributed by atoms with Gasteiger partial charge in [-0.3, -0.25) is 0 Å². The van der Waals surface area contributed by atoms with Crippen molar-refractivity contribution in [3.63, 3.8) is 0 Å². The van der Waals surface area contributed by atoms with Gasteiger partial charge in [-0.1, -0.05) is 90.7 Å². The largest absolute Gasteiger partial charge is 0.0885 e. The molecule has 0 spiro atoms. The molecule has 0 aliphatic heterocycles. The molecule has 114 valence electrons. The van der Waals surface area contributed by atoms with E-state index in [9.17, 15) is 0 Å². The van der Waals surface area contributed by atoms with Crippen LogP contribution in [0.4, 0.5) is 0 Å². The van der Waals surface area contributed by atoms with Crippen molar-refractivity contribution in [2.45, 2.75) is 104 Å². The van der Waals surface area contributed by atoms with Crippen LogP contribution < -0.4 is 0 Å². The Morgan fingerprint density at radius 3 is 1.63 bits per heavy atom. The van der Waals surface area contributed by atoms with Crippen molar-refractivity contribution < 1.29 is 0 Å². The third kappa shape index (κ3) is 17.7. The summed E-state index contributed by atoms with van der Waals surface area (Å²) in [5.74, 6) is 0.886. The first-order valence-corrected chi connectivity index (χ1v) is 8.92. The first-order chi connectivity index (χ1) is 9.27. The van der Waals surface area contributed by atoms with E-state index in [4.69, 9.17) is 0 Å². The molecule has 0 radical (unpaired) electrons. The van der Waals surface area contributed by atoms with E-state index in [1.165, 1.54) is 83.5 Å². The van der Waals surface area contributed by atoms with Crippen molar-refractivity contribution in [1.82, 2.24) is 0 Å². The van der Waals surface area contributed by atoms with Crippen LogP contribution in [0.2, 0.25) is 0 Å². The Hall–Kier alpha value is -0.260. The van der Waals surface area contributed by atoms with Crippen molar-refractivity contribution in [3.05, 3.63) is 12.2 Å². The van der Waals surface area contributed by atoms with Crippen molar-refractivity contribution in [3.8, 4) is 0 Å². The van der Waals surface area contributed by atoms with Crippen LogP contribution in [0.1, 0.15) is 104 Å². The minimum Gasteiger partial charge on any atom is -0.0885 e. The van der Waals surface area contributed by atoms with Gasteiger partial charge in [0.25, 0.3) is 0 Å². The van der Waals surface area contributed by atoms with Crippen molar-refractivity contribution >= 4 is 0 Å². The minimum absolute atomic E-state index is 0.886. The number of unbranched alkanes of at least 4 members (excludes halogenated alkanes) is 10. The molecule has 0 aliphatic carbocycles. The van der Waals surface area contributed by atoms with Crippen LogP contribution >= 0.6 is 0 Å². The van der Waals surface area contributed by atoms with E-state index in [1.807, 2.05) is 0 Å². The first kappa shape index (κ1) is 18.7. The molecule has 0 atom stereocenters. The molecule has 0 unspecified atom stereocenters. The van der Waals surface area contributed by atoms with Crippen LogP contribution in [0.3, 0.4) is 0 Å². The molecular formula is C19H38. The fourth-order valence-corrected chi connectivity index (χ4v) is 2.45. The van der Waals surface area contributed by atoms with Gasteiger partial charge in [-0.05, 0) is 31.6 Å². The molecule has 0 aliphatic rings. The maximum absolute atomic E-state index is 2.41. The van der Waals surface area contributed by atoms with Crippen molar-refractivity contribution in [1.29, 1.82) is 0 Å². The monoisotopic (exact) mass is 266 g/mol. The van der Waals surface area contributed by atoms with Gasteiger partial charge in [-0.15, -0.1) is 0 Å². The molecule has 19 heavy (non-hydrogen) atoms. The highest BCUT2D eigenvalue weighted by molar-refractivity contribution is 4.81. The summed E-state index contributed by atoms with van der Waals surface area (Å²) in [6, 6.07) is 0. The highest BCUT2D eigenvalue weighted by Gasteiger charge is 1.93. The number of rotatable bonds is 14. The maximum atomic E-state index is 2.41. The summed E-state index contributed by atoms with van der Waals surface area (Å²) in [5, 5.41) is 0. The zero-order chi connectivity index (χ0) is 14.2. The van der Waals surface area contributed by atoms with E-state index < -0.39 is 0 Å². The lowest BCUT2D eigenvalue weighted by molar-refractivity contribution is 0.521. The molecule has 0 bridgehead atoms. The molecule has 0 saturated carbocycles. The van der Waals surface area contributed by atoms with E-state index in [1.54, 1.807) is 0 Å². The summed E-state index contributed by atoms with van der Waals surface area (Å²) < 4.78 is 0. The summed E-state index contributed by atoms with van der Waals surface area (Å²) in [4.78, 5) is 0. The van der Waals surface area contributed by atoms with Gasteiger partial charge in [0.1, 0.15) is 0 Å². The Balaban J connectivity index is 3.05. The van der Waals surface area contributed by atoms with Crippen LogP contribution in [0, 0.1) is 5.92 Å². The van der Waals surface area contributed by atoms with Gasteiger partial charge < -0.3 is 0 Å². The molecule has 0 fully saturated rings. The third-order valence-corrected chi connectivity index (χ3v) is 3.79. The summed E-state index contributed by atoms with van der Waals surface area (Å²) >= 11 is 0. The summed E-state index contributed by atoms with van der Waals surface area (Å²) in [6.07, 6.45) is 23.0. The molecule has 0 amide bonds. The van der Waals surface area contributed by atoms with Crippen molar-refractivity contribution in [2.75, 3.05) is 0 Å². The quantitative estimate of drug-likeness (QED) is 0.229. The Kier molecular flexibility index (Phi) is 15.6. The smallest absolute Gasteiger partial charge is 0.0351 e. The predicted molar refractivity (Wildman–Crippen MR) is 89.7 cm³/mol. The summed E-state index contributed by atoms with van der Waals surface area (Å²) in [7, 11) is 0. The number of allylic oxidation sites excluding steroid dienone is 2. The van der Waals surface area contributed by atoms with Crippen LogP contribution in [-0.4, -0.2) is 0 Å². The summed E-state index contributed by atoms with van der Waals surface area (Å²) in [6.45, 7) is 6.93. The topological polar surface area (TPSA) is 0 Å². The van der Waals surface area contributed by atoms with E-state index >= 15 is 0 Å². The average Bonchev–Trinajstić information content (AvgIpc) is 2.39. The molecule has 0 saturated heterocycles. The normalized spacial score (nSPS) is 11.8. The third-order valence-electron chi connectivity index (χ3n) is 3.79. The minimum atomic E-state index is 0.886. The molecule has 0 heteroatoms. The molecule has 0 heterocycles. The van der Waals surface area contributed by atoms with E-state index in [0.717, 1.165) is 5.92 Å². The second-order valence-corrected chi connectivity index (χ2v) is 6.41. The Morgan fingerprint density at radius 2 is 1.11 bits per heavy atom. The van der Waals surface area contributed by atoms with E-state index in [2.05, 4.69) is 32.9 Å². The average molecular weight is 267 g/mol. The van der Waals surface area contributed by atoms with E-state index in [-0.39, 0.29) is 0 Å². The van der Waals surface area contributed by atoms with Gasteiger partial charge in [0, 0.05) is 0 Å². The van der Waals surface area contributed by atoms with Gasteiger partial charge in [0.2, 0.25) is 0 Å². The van der Waals surface area contributed by atoms with Gasteiger partial charge in [-0.25, -0.2) is 0 Å². The fraction of sp³-hybridized carbons (Fsp3) is 0.895. The molecular weight excluding hydrogens is 228 g/mol. The summed E-state index contributed by atoms with van der Waals surface area (Å²) in [5.41, 5.74) is 0. The van der Waals surface area contributed by atoms with Gasteiger partial charge in [0.05, 0.1) is 0 Å². The van der Waals surface area contributed by atoms with Gasteiger partial charge in [-0.2, -0.15) is 0 Å². The lowest BCUT2D eigenvalue weighted by Gasteiger charge is -2.03. The second kappa shape index (κ2) is 15.8. The predicted octanol–water partition coefficient (Wildman–Crippen LogP) is 7.29. The highest BCUT2D eigenvalue weighted by Crippen LogP contribution is 2.11. The van der Waals surface area contributed by atoms with Crippen LogP contribution in [0.15, 0.2) is 12.2 Å². The molecule has 0 aromatic carbocycles. The zero-order valence-corrected chi connectivity index (χ0v) is 13.9. The van der Waals surface area contributed by atoms with Crippen LogP contribution in [-0.2, 0) is 0 Å². The molecule has 0 N–H and O–H groups in total. The lowest BCUT2D eigenvalue weighted by atomic mass is 10.0. The zero-order valence-electron chi connectivity index (χ0n) is 13.9. The van der Waals surface area contributed by atoms with Crippen LogP contribution in [0.25, 0.3) is 0 Å². The maximum Gasteiger partial charge on any atom is -0.0351 e. The Labute approximate surface area is 123 Å². The second-order valence-electron chi connectivity index (χ2n) is 6.41. The molecule has 0 aromatic heterocycles. The van der Waals surface area contributed by atoms with Crippen molar-refractivity contribution in [2.24, 2.45) is 5.92 Å². The molecule has 0 nitrogen and oxygen atoms in total.